The summed E-state index contributed by atoms with van der Waals surface area (Å²) in [6.45, 7) is 1.75. The van der Waals surface area contributed by atoms with E-state index in [-0.39, 0.29) is 11.9 Å². The fraction of sp³-hybridized carbons (Fsp3) is 0.250. The highest BCUT2D eigenvalue weighted by Gasteiger charge is 2.17. The Balaban J connectivity index is 1.54. The number of nitrogens with zero attached hydrogens (tertiary/aromatic N) is 5. The summed E-state index contributed by atoms with van der Waals surface area (Å²) < 4.78 is 7.49. The lowest BCUT2D eigenvalue weighted by Crippen LogP contribution is -2.20. The molecule has 2 N–H and O–H groups in total. The van der Waals surface area contributed by atoms with Crippen LogP contribution >= 0.6 is 0 Å². The highest BCUT2D eigenvalue weighted by molar-refractivity contribution is 5.65. The quantitative estimate of drug-likeness (QED) is 0.743. The van der Waals surface area contributed by atoms with Gasteiger partial charge in [0, 0.05) is 25.0 Å². The molecule has 0 unspecified atom stereocenters. The monoisotopic (exact) mass is 324 g/mol. The van der Waals surface area contributed by atoms with Crippen molar-refractivity contribution in [2.24, 2.45) is 0 Å². The molecule has 24 heavy (non-hydrogen) atoms. The first-order chi connectivity index (χ1) is 11.8. The molecular weight excluding hydrogens is 308 g/mol. The van der Waals surface area contributed by atoms with Gasteiger partial charge in [0.25, 0.3) is 5.88 Å². The minimum Gasteiger partial charge on any atom is -0.507 e. The SMILES string of the molecule is Oc1cc(-n2ccnc2)ccc1-c1ncc(O[C@H]2CCNC2)nn1. The van der Waals surface area contributed by atoms with Gasteiger partial charge < -0.3 is 19.7 Å². The molecule has 1 fully saturated rings. The fourth-order valence-electron chi connectivity index (χ4n) is 2.62. The van der Waals surface area contributed by atoms with Crippen LogP contribution in [0.1, 0.15) is 6.42 Å². The maximum absolute atomic E-state index is 10.3. The smallest absolute Gasteiger partial charge is 0.252 e. The molecule has 0 saturated carbocycles. The van der Waals surface area contributed by atoms with E-state index in [4.69, 9.17) is 4.74 Å². The molecule has 0 radical (unpaired) electrons. The molecule has 1 aliphatic heterocycles. The predicted molar refractivity (Wildman–Crippen MR) is 86.0 cm³/mol. The van der Waals surface area contributed by atoms with Crippen molar-refractivity contribution in [1.29, 1.82) is 0 Å². The van der Waals surface area contributed by atoms with E-state index < -0.39 is 0 Å². The normalized spacial score (nSPS) is 17.1. The van der Waals surface area contributed by atoms with Crippen LogP contribution in [0.25, 0.3) is 17.1 Å². The number of rotatable bonds is 4. The molecule has 3 heterocycles. The number of benzene rings is 1. The highest BCUT2D eigenvalue weighted by atomic mass is 16.5. The third-order valence-corrected chi connectivity index (χ3v) is 3.87. The van der Waals surface area contributed by atoms with Crippen molar-refractivity contribution < 1.29 is 9.84 Å². The van der Waals surface area contributed by atoms with E-state index in [9.17, 15) is 5.11 Å². The topological polar surface area (TPSA) is 98.0 Å². The summed E-state index contributed by atoms with van der Waals surface area (Å²) >= 11 is 0. The second kappa shape index (κ2) is 6.25. The van der Waals surface area contributed by atoms with E-state index in [2.05, 4.69) is 25.5 Å². The van der Waals surface area contributed by atoms with Gasteiger partial charge in [-0.25, -0.2) is 9.97 Å². The van der Waals surface area contributed by atoms with Crippen LogP contribution in [0.4, 0.5) is 0 Å². The average Bonchev–Trinajstić information content (AvgIpc) is 3.29. The molecule has 2 aromatic heterocycles. The van der Waals surface area contributed by atoms with Gasteiger partial charge in [0.15, 0.2) is 5.82 Å². The molecule has 1 aromatic carbocycles. The summed E-state index contributed by atoms with van der Waals surface area (Å²) in [7, 11) is 0. The Bertz CT molecular complexity index is 813. The van der Waals surface area contributed by atoms with Gasteiger partial charge in [-0.3, -0.25) is 0 Å². The molecular formula is C16H16N6O2. The average molecular weight is 324 g/mol. The van der Waals surface area contributed by atoms with Gasteiger partial charge in [0.1, 0.15) is 11.9 Å². The van der Waals surface area contributed by atoms with Crippen molar-refractivity contribution in [2.75, 3.05) is 13.1 Å². The van der Waals surface area contributed by atoms with Crippen LogP contribution in [0.2, 0.25) is 0 Å². The second-order valence-electron chi connectivity index (χ2n) is 5.52. The number of hydrogen-bond donors (Lipinski definition) is 2. The van der Waals surface area contributed by atoms with E-state index in [1.54, 1.807) is 35.4 Å². The number of phenols is 1. The number of nitrogens with one attached hydrogen (secondary N) is 1. The molecule has 1 atom stereocenters. The van der Waals surface area contributed by atoms with Crippen molar-refractivity contribution in [3.63, 3.8) is 0 Å². The van der Waals surface area contributed by atoms with Gasteiger partial charge in [-0.05, 0) is 25.1 Å². The van der Waals surface area contributed by atoms with Crippen molar-refractivity contribution in [2.45, 2.75) is 12.5 Å². The minimum absolute atomic E-state index is 0.0802. The predicted octanol–water partition coefficient (Wildman–Crippen LogP) is 1.17. The van der Waals surface area contributed by atoms with E-state index in [1.165, 1.54) is 6.20 Å². The zero-order valence-corrected chi connectivity index (χ0v) is 12.8. The third kappa shape index (κ3) is 2.91. The minimum atomic E-state index is 0.0802. The molecule has 8 heteroatoms. The Morgan fingerprint density at radius 2 is 2.25 bits per heavy atom. The number of imidazole rings is 1. The van der Waals surface area contributed by atoms with Crippen LogP contribution in [-0.2, 0) is 0 Å². The van der Waals surface area contributed by atoms with Crippen molar-refractivity contribution in [3.05, 3.63) is 43.1 Å². The maximum Gasteiger partial charge on any atom is 0.252 e. The summed E-state index contributed by atoms with van der Waals surface area (Å²) in [6, 6.07) is 5.24. The van der Waals surface area contributed by atoms with Crippen LogP contribution in [0.3, 0.4) is 0 Å². The van der Waals surface area contributed by atoms with Crippen LogP contribution in [0.5, 0.6) is 11.6 Å². The number of hydrogen-bond acceptors (Lipinski definition) is 7. The molecule has 1 aliphatic rings. The van der Waals surface area contributed by atoms with Gasteiger partial charge in [-0.15, -0.1) is 10.2 Å². The number of ether oxygens (including phenoxy) is 1. The van der Waals surface area contributed by atoms with E-state index >= 15 is 0 Å². The second-order valence-corrected chi connectivity index (χ2v) is 5.52. The molecule has 8 nitrogen and oxygen atoms in total. The lowest BCUT2D eigenvalue weighted by molar-refractivity contribution is 0.210. The van der Waals surface area contributed by atoms with Crippen LogP contribution < -0.4 is 10.1 Å². The lowest BCUT2D eigenvalue weighted by atomic mass is 10.1. The maximum atomic E-state index is 10.3. The summed E-state index contributed by atoms with van der Waals surface area (Å²) in [4.78, 5) is 8.23. The summed E-state index contributed by atoms with van der Waals surface area (Å²) in [5.74, 6) is 0.820. The van der Waals surface area contributed by atoms with Crippen LogP contribution in [0, 0.1) is 0 Å². The van der Waals surface area contributed by atoms with E-state index in [0.29, 0.717) is 17.3 Å². The molecule has 0 aliphatic carbocycles. The van der Waals surface area contributed by atoms with E-state index in [1.807, 2.05) is 6.07 Å². The standard InChI is InChI=1S/C16H16N6O2/c23-14-7-11(22-6-5-18-10-22)1-2-13(14)16-19-9-15(20-21-16)24-12-3-4-17-8-12/h1-2,5-7,9-10,12,17,23H,3-4,8H2/t12-/m0/s1. The third-order valence-electron chi connectivity index (χ3n) is 3.87. The molecule has 1 saturated heterocycles. The van der Waals surface area contributed by atoms with Gasteiger partial charge in [-0.1, -0.05) is 0 Å². The first-order valence-electron chi connectivity index (χ1n) is 7.68. The molecule has 4 rings (SSSR count). The molecule has 0 bridgehead atoms. The first kappa shape index (κ1) is 14.6. The molecule has 3 aromatic rings. The molecule has 122 valence electrons. The summed E-state index contributed by atoms with van der Waals surface area (Å²) in [5.41, 5.74) is 1.32. The Hall–Kier alpha value is -3.00. The first-order valence-corrected chi connectivity index (χ1v) is 7.68. The molecule has 0 amide bonds. The largest absolute Gasteiger partial charge is 0.507 e. The Morgan fingerprint density at radius 1 is 1.29 bits per heavy atom. The fourth-order valence-corrected chi connectivity index (χ4v) is 2.62. The van der Waals surface area contributed by atoms with E-state index in [0.717, 1.165) is 25.2 Å². The zero-order valence-electron chi connectivity index (χ0n) is 12.8. The zero-order chi connectivity index (χ0) is 16.4. The Morgan fingerprint density at radius 3 is 2.92 bits per heavy atom. The number of aromatic hydroxyl groups is 1. The van der Waals surface area contributed by atoms with Gasteiger partial charge >= 0.3 is 0 Å². The van der Waals surface area contributed by atoms with Crippen LogP contribution in [-0.4, -0.2) is 49.0 Å². The molecule has 0 spiro atoms. The number of aromatic nitrogens is 5. The van der Waals surface area contributed by atoms with Gasteiger partial charge in [-0.2, -0.15) is 0 Å². The van der Waals surface area contributed by atoms with Gasteiger partial charge in [0.05, 0.1) is 23.8 Å². The van der Waals surface area contributed by atoms with Crippen LogP contribution in [0.15, 0.2) is 43.1 Å². The number of phenolic OH excluding ortho intramolecular Hbond substituents is 1. The van der Waals surface area contributed by atoms with Gasteiger partial charge in [0.2, 0.25) is 0 Å². The lowest BCUT2D eigenvalue weighted by Gasteiger charge is -2.11. The van der Waals surface area contributed by atoms with Crippen molar-refractivity contribution in [1.82, 2.24) is 30.0 Å². The van der Waals surface area contributed by atoms with Crippen molar-refractivity contribution in [3.8, 4) is 28.7 Å². The summed E-state index contributed by atoms with van der Waals surface area (Å²) in [5, 5.41) is 21.6. The highest BCUT2D eigenvalue weighted by Crippen LogP contribution is 2.28. The Kier molecular flexibility index (Phi) is 3.80. The Labute approximate surface area is 138 Å². The summed E-state index contributed by atoms with van der Waals surface area (Å²) in [6.07, 6.45) is 7.72. The van der Waals surface area contributed by atoms with Crippen molar-refractivity contribution >= 4 is 0 Å².